The Morgan fingerprint density at radius 1 is 1.11 bits per heavy atom. The standard InChI is InChI=1S/C27H25F2N4O3P/c1-32-22-12-21(24-18(26(32)34)5-4-6-23(24)36-27(28)29)33-20-11-15(8-10-19(20)31-25(22)33)16-7-9-17(30-13-16)14-37(2,3)35/h4-11,13,21-22,27H,12,14H2,1-3H3/t21-,22-/m1/s1. The highest BCUT2D eigenvalue weighted by Crippen LogP contribution is 2.50. The van der Waals surface area contributed by atoms with E-state index >= 15 is 0 Å². The molecule has 10 heteroatoms. The van der Waals surface area contributed by atoms with Crippen molar-refractivity contribution in [3.63, 3.8) is 0 Å². The van der Waals surface area contributed by atoms with Gasteiger partial charge in [0.05, 0.1) is 30.3 Å². The van der Waals surface area contributed by atoms with Gasteiger partial charge in [-0.05, 0) is 49.2 Å². The second kappa shape index (κ2) is 8.48. The van der Waals surface area contributed by atoms with Crippen LogP contribution in [0.25, 0.3) is 22.2 Å². The lowest BCUT2D eigenvalue weighted by atomic mass is 9.97. The van der Waals surface area contributed by atoms with Crippen LogP contribution in [0.2, 0.25) is 0 Å². The fourth-order valence-corrected chi connectivity index (χ4v) is 6.51. The van der Waals surface area contributed by atoms with Gasteiger partial charge in [0.1, 0.15) is 11.6 Å². The van der Waals surface area contributed by atoms with Gasteiger partial charge in [0, 0.05) is 48.2 Å². The molecule has 0 fully saturated rings. The van der Waals surface area contributed by atoms with Crippen molar-refractivity contribution in [1.29, 1.82) is 0 Å². The lowest BCUT2D eigenvalue weighted by Crippen LogP contribution is -2.30. The molecule has 7 nitrogen and oxygen atoms in total. The molecule has 0 saturated heterocycles. The summed E-state index contributed by atoms with van der Waals surface area (Å²) in [6.07, 6.45) is 2.74. The Morgan fingerprint density at radius 2 is 1.89 bits per heavy atom. The molecule has 0 spiro atoms. The van der Waals surface area contributed by atoms with E-state index in [9.17, 15) is 18.1 Å². The van der Waals surface area contributed by atoms with E-state index in [2.05, 4.69) is 9.55 Å². The van der Waals surface area contributed by atoms with Gasteiger partial charge in [0.25, 0.3) is 5.91 Å². The summed E-state index contributed by atoms with van der Waals surface area (Å²) in [6, 6.07) is 13.8. The Bertz CT molecular complexity index is 1600. The van der Waals surface area contributed by atoms with Crippen molar-refractivity contribution in [3.8, 4) is 16.9 Å². The smallest absolute Gasteiger partial charge is 0.387 e. The third-order valence-electron chi connectivity index (χ3n) is 7.11. The first-order valence-corrected chi connectivity index (χ1v) is 14.8. The Labute approximate surface area is 212 Å². The van der Waals surface area contributed by atoms with Gasteiger partial charge in [-0.25, -0.2) is 4.98 Å². The predicted molar refractivity (Wildman–Crippen MR) is 137 cm³/mol. The summed E-state index contributed by atoms with van der Waals surface area (Å²) < 4.78 is 45.7. The fraction of sp³-hybridized carbons (Fsp3) is 0.296. The number of alkyl halides is 2. The third kappa shape index (κ3) is 4.02. The molecule has 0 unspecified atom stereocenters. The number of ether oxygens (including phenoxy) is 1. The summed E-state index contributed by atoms with van der Waals surface area (Å²) in [7, 11) is -0.510. The molecule has 2 atom stereocenters. The Kier molecular flexibility index (Phi) is 5.46. The van der Waals surface area contributed by atoms with Crippen molar-refractivity contribution in [2.24, 2.45) is 0 Å². The van der Waals surface area contributed by atoms with Crippen LogP contribution in [0.4, 0.5) is 8.78 Å². The lowest BCUT2D eigenvalue weighted by molar-refractivity contribution is -0.0507. The van der Waals surface area contributed by atoms with Crippen LogP contribution in [-0.4, -0.2) is 52.3 Å². The molecule has 190 valence electrons. The van der Waals surface area contributed by atoms with Crippen molar-refractivity contribution in [2.75, 3.05) is 20.4 Å². The topological polar surface area (TPSA) is 77.3 Å². The Hall–Kier alpha value is -3.58. The van der Waals surface area contributed by atoms with Gasteiger partial charge >= 0.3 is 6.61 Å². The zero-order valence-electron chi connectivity index (χ0n) is 20.6. The maximum absolute atomic E-state index is 13.3. The highest BCUT2D eigenvalue weighted by atomic mass is 31.2. The van der Waals surface area contributed by atoms with Crippen molar-refractivity contribution < 1.29 is 22.9 Å². The van der Waals surface area contributed by atoms with Gasteiger partial charge in [0.2, 0.25) is 0 Å². The van der Waals surface area contributed by atoms with Gasteiger partial charge in [0.15, 0.2) is 0 Å². The molecule has 2 aliphatic rings. The normalized spacial score (nSPS) is 18.8. The van der Waals surface area contributed by atoms with Gasteiger partial charge in [-0.15, -0.1) is 0 Å². The summed E-state index contributed by atoms with van der Waals surface area (Å²) in [4.78, 5) is 24.3. The van der Waals surface area contributed by atoms with E-state index in [1.54, 1.807) is 43.6 Å². The minimum Gasteiger partial charge on any atom is -0.434 e. The van der Waals surface area contributed by atoms with Crippen LogP contribution in [0.1, 0.15) is 45.9 Å². The van der Waals surface area contributed by atoms with Crippen molar-refractivity contribution in [2.45, 2.75) is 31.3 Å². The first-order valence-electron chi connectivity index (χ1n) is 12.0. The molecular formula is C27H25F2N4O3P. The summed E-state index contributed by atoms with van der Waals surface area (Å²) in [6.45, 7) is 0.488. The van der Waals surface area contributed by atoms with Crippen LogP contribution >= 0.6 is 7.14 Å². The molecule has 2 aromatic heterocycles. The summed E-state index contributed by atoms with van der Waals surface area (Å²) in [5.74, 6) is 0.492. The molecule has 2 aliphatic heterocycles. The largest absolute Gasteiger partial charge is 0.434 e. The average Bonchev–Trinajstić information content (AvgIpc) is 3.36. The maximum atomic E-state index is 13.3. The number of aromatic nitrogens is 3. The van der Waals surface area contributed by atoms with Crippen molar-refractivity contribution in [1.82, 2.24) is 19.4 Å². The number of rotatable bonds is 5. The van der Waals surface area contributed by atoms with E-state index < -0.39 is 13.8 Å². The molecule has 0 saturated carbocycles. The van der Waals surface area contributed by atoms with Crippen LogP contribution < -0.4 is 4.74 Å². The molecule has 0 aliphatic carbocycles. The highest BCUT2D eigenvalue weighted by molar-refractivity contribution is 7.61. The minimum absolute atomic E-state index is 0.00896. The zero-order valence-corrected chi connectivity index (χ0v) is 21.5. The van der Waals surface area contributed by atoms with Crippen LogP contribution in [0, 0.1) is 0 Å². The molecule has 1 amide bonds. The zero-order chi connectivity index (χ0) is 26.1. The van der Waals surface area contributed by atoms with E-state index in [0.29, 0.717) is 23.7 Å². The number of hydrogen-bond donors (Lipinski definition) is 0. The van der Waals surface area contributed by atoms with E-state index in [-0.39, 0.29) is 23.7 Å². The average molecular weight is 522 g/mol. The second-order valence-corrected chi connectivity index (χ2v) is 13.6. The number of amides is 1. The number of nitrogens with zero attached hydrogens (tertiary/aromatic N) is 4. The predicted octanol–water partition coefficient (Wildman–Crippen LogP) is 5.94. The van der Waals surface area contributed by atoms with E-state index in [4.69, 9.17) is 9.72 Å². The van der Waals surface area contributed by atoms with Crippen molar-refractivity contribution >= 4 is 24.1 Å². The Balaban J connectivity index is 1.49. The number of imidazole rings is 1. The lowest BCUT2D eigenvalue weighted by Gasteiger charge is -2.24. The number of pyridine rings is 1. The molecule has 2 aromatic carbocycles. The van der Waals surface area contributed by atoms with E-state index in [0.717, 1.165) is 33.7 Å². The number of carbonyl (C=O) groups excluding carboxylic acids is 1. The van der Waals surface area contributed by atoms with Crippen LogP contribution in [0.5, 0.6) is 5.75 Å². The van der Waals surface area contributed by atoms with Crippen LogP contribution in [0.3, 0.4) is 0 Å². The number of fused-ring (bicyclic) bond motifs is 9. The maximum Gasteiger partial charge on any atom is 0.387 e. The second-order valence-electron chi connectivity index (χ2n) is 10.1. The summed E-state index contributed by atoms with van der Waals surface area (Å²) in [5, 5.41) is 0. The third-order valence-corrected chi connectivity index (χ3v) is 8.19. The van der Waals surface area contributed by atoms with Crippen LogP contribution in [0.15, 0.2) is 54.7 Å². The number of carbonyl (C=O) groups is 1. The molecule has 0 N–H and O–H groups in total. The molecule has 37 heavy (non-hydrogen) atoms. The summed E-state index contributed by atoms with van der Waals surface area (Å²) in [5.41, 5.74) is 5.02. The molecular weight excluding hydrogens is 497 g/mol. The van der Waals surface area contributed by atoms with Crippen molar-refractivity contribution in [3.05, 3.63) is 77.4 Å². The Morgan fingerprint density at radius 3 is 2.59 bits per heavy atom. The molecule has 4 aromatic rings. The monoisotopic (exact) mass is 522 g/mol. The first-order chi connectivity index (χ1) is 17.6. The first kappa shape index (κ1) is 23.8. The molecule has 0 radical (unpaired) electrons. The van der Waals surface area contributed by atoms with Gasteiger partial charge in [-0.1, -0.05) is 18.2 Å². The van der Waals surface area contributed by atoms with E-state index in [1.165, 1.54) is 6.07 Å². The molecule has 2 bridgehead atoms. The van der Waals surface area contributed by atoms with Gasteiger partial charge in [-0.2, -0.15) is 8.78 Å². The molecule has 6 rings (SSSR count). The number of halogens is 2. The van der Waals surface area contributed by atoms with Gasteiger partial charge < -0.3 is 18.8 Å². The molecule has 4 heterocycles. The highest BCUT2D eigenvalue weighted by Gasteiger charge is 2.45. The quantitative estimate of drug-likeness (QED) is 0.303. The number of benzene rings is 2. The van der Waals surface area contributed by atoms with Crippen LogP contribution in [-0.2, 0) is 10.7 Å². The summed E-state index contributed by atoms with van der Waals surface area (Å²) >= 11 is 0. The number of hydrogen-bond acceptors (Lipinski definition) is 5. The fourth-order valence-electron chi connectivity index (χ4n) is 5.54. The van der Waals surface area contributed by atoms with E-state index in [1.807, 2.05) is 30.3 Å². The minimum atomic E-state index is -3.00. The van der Waals surface area contributed by atoms with Gasteiger partial charge in [-0.3, -0.25) is 9.78 Å². The SMILES string of the molecule is CN1C(=O)c2cccc(OC(F)F)c2[C@H]2C[C@@H]1c1nc3ccc(-c4ccc(CP(C)(C)=O)nc4)cc3n12.